The van der Waals surface area contributed by atoms with Crippen LogP contribution < -0.4 is 24.4 Å². The van der Waals surface area contributed by atoms with Crippen molar-refractivity contribution in [2.75, 3.05) is 27.3 Å². The third-order valence-corrected chi connectivity index (χ3v) is 10.3. The van der Waals surface area contributed by atoms with Crippen LogP contribution >= 0.6 is 33.9 Å². The van der Waals surface area contributed by atoms with Crippen LogP contribution in [-0.2, 0) is 4.79 Å². The summed E-state index contributed by atoms with van der Waals surface area (Å²) in [5, 5.41) is 0. The van der Waals surface area contributed by atoms with Crippen molar-refractivity contribution in [3.8, 4) is 17.2 Å². The standard InChI is InChI=1S/C34H37IN4O4S/c1-9-37(10-2)33(41)30-21(5)36-34-39(31(30)26-18-25(42-7)13-14-28(26)43-8)32(40)29(44-34)16-23-15-20(4)38(22(23)6)24-12-11-19(3)27(35)17-24/h11-18,31H,9-10H2,1-8H3/b29-16+/t31-/m1/s1. The van der Waals surface area contributed by atoms with Crippen LogP contribution in [-0.4, -0.2) is 47.3 Å². The molecule has 0 radical (unpaired) electrons. The van der Waals surface area contributed by atoms with E-state index in [9.17, 15) is 9.59 Å². The number of fused-ring (bicyclic) bond motifs is 1. The van der Waals surface area contributed by atoms with Crippen LogP contribution in [0.25, 0.3) is 11.8 Å². The largest absolute Gasteiger partial charge is 0.497 e. The Bertz CT molecular complexity index is 1980. The summed E-state index contributed by atoms with van der Waals surface area (Å²) in [6.45, 7) is 13.0. The van der Waals surface area contributed by atoms with Crippen molar-refractivity contribution in [1.82, 2.24) is 14.0 Å². The fourth-order valence-corrected chi connectivity index (χ4v) is 7.35. The molecule has 2 aromatic heterocycles. The fraction of sp³-hybridized carbons (Fsp3) is 0.324. The number of thiazole rings is 1. The Kier molecular flexibility index (Phi) is 9.22. The molecule has 1 atom stereocenters. The summed E-state index contributed by atoms with van der Waals surface area (Å²) in [5.74, 6) is 1.00. The third kappa shape index (κ3) is 5.53. The first-order valence-corrected chi connectivity index (χ1v) is 16.4. The molecule has 0 N–H and O–H groups in total. The number of hydrogen-bond donors (Lipinski definition) is 0. The normalized spacial score (nSPS) is 14.8. The molecular formula is C34H37IN4O4S. The number of methoxy groups -OCH3 is 2. The number of aryl methyl sites for hydroxylation is 2. The number of allylic oxidation sites excluding steroid dienone is 1. The lowest BCUT2D eigenvalue weighted by atomic mass is 9.93. The van der Waals surface area contributed by atoms with Crippen LogP contribution in [0.5, 0.6) is 11.5 Å². The second-order valence-electron chi connectivity index (χ2n) is 10.8. The van der Waals surface area contributed by atoms with E-state index in [1.165, 1.54) is 20.5 Å². The highest BCUT2D eigenvalue weighted by molar-refractivity contribution is 14.1. The van der Waals surface area contributed by atoms with Crippen molar-refractivity contribution >= 4 is 45.9 Å². The summed E-state index contributed by atoms with van der Waals surface area (Å²) in [6.07, 6.45) is 1.94. The van der Waals surface area contributed by atoms with Gasteiger partial charge in [-0.3, -0.25) is 14.2 Å². The summed E-state index contributed by atoms with van der Waals surface area (Å²) < 4.78 is 16.9. The minimum absolute atomic E-state index is 0.156. The number of carbonyl (C=O) groups is 1. The van der Waals surface area contributed by atoms with Gasteiger partial charge in [-0.2, -0.15) is 0 Å². The van der Waals surface area contributed by atoms with E-state index in [1.807, 2.05) is 32.9 Å². The highest BCUT2D eigenvalue weighted by atomic mass is 127. The molecule has 1 aliphatic rings. The molecule has 44 heavy (non-hydrogen) atoms. The van der Waals surface area contributed by atoms with Gasteiger partial charge < -0.3 is 18.9 Å². The molecule has 4 aromatic rings. The van der Waals surface area contributed by atoms with E-state index in [0.717, 1.165) is 22.6 Å². The maximum Gasteiger partial charge on any atom is 0.271 e. The lowest BCUT2D eigenvalue weighted by Gasteiger charge is -2.30. The molecule has 10 heteroatoms. The minimum atomic E-state index is -0.742. The molecule has 1 aliphatic heterocycles. The molecule has 0 saturated carbocycles. The second kappa shape index (κ2) is 12.8. The van der Waals surface area contributed by atoms with Gasteiger partial charge in [0.15, 0.2) is 4.80 Å². The number of hydrogen-bond acceptors (Lipinski definition) is 6. The maximum absolute atomic E-state index is 14.3. The van der Waals surface area contributed by atoms with Crippen LogP contribution in [0, 0.1) is 24.3 Å². The van der Waals surface area contributed by atoms with Gasteiger partial charge in [-0.05, 0) is 118 Å². The zero-order valence-electron chi connectivity index (χ0n) is 26.3. The first-order chi connectivity index (χ1) is 21.0. The number of carbonyl (C=O) groups excluding carboxylic acids is 1. The monoisotopic (exact) mass is 724 g/mol. The van der Waals surface area contributed by atoms with Gasteiger partial charge in [0.1, 0.15) is 17.5 Å². The molecule has 230 valence electrons. The molecule has 8 nitrogen and oxygen atoms in total. The second-order valence-corrected chi connectivity index (χ2v) is 12.9. The number of aromatic nitrogens is 2. The Balaban J connectivity index is 1.74. The van der Waals surface area contributed by atoms with E-state index in [-0.39, 0.29) is 11.5 Å². The predicted molar refractivity (Wildman–Crippen MR) is 184 cm³/mol. The Morgan fingerprint density at radius 2 is 1.77 bits per heavy atom. The number of ether oxygens (including phenoxy) is 2. The number of halogens is 1. The smallest absolute Gasteiger partial charge is 0.271 e. The first kappa shape index (κ1) is 31.8. The van der Waals surface area contributed by atoms with Crippen LogP contribution in [0.1, 0.15) is 54.9 Å². The highest BCUT2D eigenvalue weighted by Gasteiger charge is 2.36. The molecule has 1 amide bonds. The van der Waals surface area contributed by atoms with E-state index in [0.29, 0.717) is 50.8 Å². The van der Waals surface area contributed by atoms with Crippen molar-refractivity contribution in [2.24, 2.45) is 4.99 Å². The Hall–Kier alpha value is -3.64. The summed E-state index contributed by atoms with van der Waals surface area (Å²) in [5.41, 5.74) is 6.85. The van der Waals surface area contributed by atoms with Crippen molar-refractivity contribution in [1.29, 1.82) is 0 Å². The first-order valence-electron chi connectivity index (χ1n) is 14.5. The topological polar surface area (TPSA) is 78.1 Å². The molecule has 0 saturated heterocycles. The molecular weight excluding hydrogens is 687 g/mol. The van der Waals surface area contributed by atoms with Gasteiger partial charge in [0.25, 0.3) is 11.5 Å². The molecule has 0 bridgehead atoms. The Morgan fingerprint density at radius 1 is 1.05 bits per heavy atom. The van der Waals surface area contributed by atoms with Crippen LogP contribution in [0.4, 0.5) is 0 Å². The fourth-order valence-electron chi connectivity index (χ4n) is 5.82. The SMILES string of the molecule is CCN(CC)C(=O)C1=C(C)N=c2s/c(=C/c3cc(C)n(-c4ccc(C)c(I)c4)c3C)c(=O)n2[C@@H]1c1cc(OC)ccc1OC. The van der Waals surface area contributed by atoms with Gasteiger partial charge >= 0.3 is 0 Å². The van der Waals surface area contributed by atoms with E-state index < -0.39 is 6.04 Å². The molecule has 3 heterocycles. The number of benzene rings is 2. The van der Waals surface area contributed by atoms with E-state index in [2.05, 4.69) is 72.2 Å². The summed E-state index contributed by atoms with van der Waals surface area (Å²) >= 11 is 3.69. The van der Waals surface area contributed by atoms with E-state index in [4.69, 9.17) is 14.5 Å². The zero-order chi connectivity index (χ0) is 31.9. The molecule has 0 spiro atoms. The van der Waals surface area contributed by atoms with Gasteiger partial charge in [-0.15, -0.1) is 0 Å². The van der Waals surface area contributed by atoms with E-state index in [1.54, 1.807) is 35.8 Å². The van der Waals surface area contributed by atoms with Crippen molar-refractivity contribution in [3.63, 3.8) is 0 Å². The predicted octanol–water partition coefficient (Wildman–Crippen LogP) is 5.44. The minimum Gasteiger partial charge on any atom is -0.497 e. The van der Waals surface area contributed by atoms with Gasteiger partial charge in [0.2, 0.25) is 0 Å². The van der Waals surface area contributed by atoms with Crippen molar-refractivity contribution < 1.29 is 14.3 Å². The molecule has 2 aromatic carbocycles. The summed E-state index contributed by atoms with van der Waals surface area (Å²) in [4.78, 5) is 35.5. The quantitative estimate of drug-likeness (QED) is 0.227. The Labute approximate surface area is 275 Å². The van der Waals surface area contributed by atoms with Gasteiger partial charge in [-0.25, -0.2) is 4.99 Å². The average Bonchev–Trinajstić information content (AvgIpc) is 3.47. The maximum atomic E-state index is 14.3. The lowest BCUT2D eigenvalue weighted by Crippen LogP contribution is -2.43. The summed E-state index contributed by atoms with van der Waals surface area (Å²) in [6, 6.07) is 13.2. The van der Waals surface area contributed by atoms with E-state index >= 15 is 0 Å². The lowest BCUT2D eigenvalue weighted by molar-refractivity contribution is -0.127. The number of rotatable bonds is 8. The summed E-state index contributed by atoms with van der Waals surface area (Å²) in [7, 11) is 3.18. The third-order valence-electron chi connectivity index (χ3n) is 8.20. The molecule has 5 rings (SSSR count). The number of nitrogens with zero attached hydrogens (tertiary/aromatic N) is 4. The van der Waals surface area contributed by atoms with Gasteiger partial charge in [-0.1, -0.05) is 17.4 Å². The molecule has 0 unspecified atom stereocenters. The number of amides is 1. The average molecular weight is 725 g/mol. The Morgan fingerprint density at radius 3 is 2.41 bits per heavy atom. The van der Waals surface area contributed by atoms with Crippen LogP contribution in [0.2, 0.25) is 0 Å². The zero-order valence-corrected chi connectivity index (χ0v) is 29.3. The van der Waals surface area contributed by atoms with Crippen molar-refractivity contribution in [3.05, 3.63) is 105 Å². The van der Waals surface area contributed by atoms with Crippen LogP contribution in [0.3, 0.4) is 0 Å². The van der Waals surface area contributed by atoms with Crippen LogP contribution in [0.15, 0.2) is 63.5 Å². The molecule has 0 fully saturated rings. The van der Waals surface area contributed by atoms with Crippen molar-refractivity contribution in [2.45, 2.75) is 47.6 Å². The molecule has 0 aliphatic carbocycles. The highest BCUT2D eigenvalue weighted by Crippen LogP contribution is 2.38. The van der Waals surface area contributed by atoms with Gasteiger partial charge in [0, 0.05) is 39.3 Å². The van der Waals surface area contributed by atoms with Gasteiger partial charge in [0.05, 0.1) is 30.0 Å². The number of likely N-dealkylation sites (N-methyl/N-ethyl adjacent to an activating group) is 1.